The van der Waals surface area contributed by atoms with Gasteiger partial charge < -0.3 is 15.0 Å². The van der Waals surface area contributed by atoms with E-state index < -0.39 is 0 Å². The number of allylic oxidation sites excluding steroid dienone is 1. The van der Waals surface area contributed by atoms with Gasteiger partial charge in [0.15, 0.2) is 0 Å². The third-order valence-corrected chi connectivity index (χ3v) is 5.03. The number of likely N-dealkylation sites (tertiary alicyclic amines) is 1. The average molecular weight is 342 g/mol. The molecule has 2 aliphatic rings. The van der Waals surface area contributed by atoms with Crippen molar-refractivity contribution in [3.63, 3.8) is 0 Å². The molecule has 1 saturated heterocycles. The molecule has 134 valence electrons. The summed E-state index contributed by atoms with van der Waals surface area (Å²) in [5, 5.41) is 3.01. The highest BCUT2D eigenvalue weighted by atomic mass is 16.5. The standard InChI is InChI=1S/C20H26N2O3/c1-25-17-10-8-16(9-11-17)20(24)22-14-4-7-18(22)19(23)21-13-12-15-5-2-3-6-15/h5,8-11,18H,2-4,6-7,12-14H2,1H3,(H,21,23). The molecule has 25 heavy (non-hydrogen) atoms. The smallest absolute Gasteiger partial charge is 0.254 e. The minimum Gasteiger partial charge on any atom is -0.497 e. The SMILES string of the molecule is COc1ccc(C(=O)N2CCCC2C(=O)NCCC2=CCCC2)cc1. The van der Waals surface area contributed by atoms with Crippen molar-refractivity contribution >= 4 is 11.8 Å². The second-order valence-electron chi connectivity index (χ2n) is 6.68. The average Bonchev–Trinajstić information content (AvgIpc) is 3.33. The van der Waals surface area contributed by atoms with Gasteiger partial charge in [-0.1, -0.05) is 11.6 Å². The quantitative estimate of drug-likeness (QED) is 0.809. The van der Waals surface area contributed by atoms with Gasteiger partial charge in [-0.05, 0) is 62.8 Å². The van der Waals surface area contributed by atoms with Gasteiger partial charge in [-0.15, -0.1) is 0 Å². The van der Waals surface area contributed by atoms with Crippen LogP contribution in [0.15, 0.2) is 35.9 Å². The summed E-state index contributed by atoms with van der Waals surface area (Å²) in [4.78, 5) is 27.0. The Bertz CT molecular complexity index is 651. The molecule has 5 heteroatoms. The normalized spacial score (nSPS) is 19.6. The van der Waals surface area contributed by atoms with Crippen molar-refractivity contribution in [2.24, 2.45) is 0 Å². The molecule has 1 atom stereocenters. The fourth-order valence-corrected chi connectivity index (χ4v) is 3.61. The molecule has 1 heterocycles. The molecule has 1 N–H and O–H groups in total. The molecule has 1 fully saturated rings. The minimum absolute atomic E-state index is 0.0297. The van der Waals surface area contributed by atoms with Crippen LogP contribution in [0, 0.1) is 0 Å². The van der Waals surface area contributed by atoms with Gasteiger partial charge in [-0.2, -0.15) is 0 Å². The van der Waals surface area contributed by atoms with Gasteiger partial charge in [0, 0.05) is 18.7 Å². The van der Waals surface area contributed by atoms with E-state index in [2.05, 4.69) is 11.4 Å². The fourth-order valence-electron chi connectivity index (χ4n) is 3.61. The van der Waals surface area contributed by atoms with Gasteiger partial charge in [0.25, 0.3) is 5.91 Å². The number of nitrogens with one attached hydrogen (secondary N) is 1. The number of hydrogen-bond acceptors (Lipinski definition) is 3. The van der Waals surface area contributed by atoms with Crippen molar-refractivity contribution in [1.29, 1.82) is 0 Å². The van der Waals surface area contributed by atoms with E-state index in [0.29, 0.717) is 24.4 Å². The van der Waals surface area contributed by atoms with Crippen molar-refractivity contribution < 1.29 is 14.3 Å². The predicted molar refractivity (Wildman–Crippen MR) is 96.6 cm³/mol. The summed E-state index contributed by atoms with van der Waals surface area (Å²) in [6.45, 7) is 1.29. The highest BCUT2D eigenvalue weighted by Gasteiger charge is 2.34. The van der Waals surface area contributed by atoms with E-state index in [1.165, 1.54) is 12.0 Å². The Labute approximate surface area is 149 Å². The number of ether oxygens (including phenoxy) is 1. The molecule has 0 radical (unpaired) electrons. The van der Waals surface area contributed by atoms with E-state index >= 15 is 0 Å². The lowest BCUT2D eigenvalue weighted by molar-refractivity contribution is -0.124. The van der Waals surface area contributed by atoms with Crippen molar-refractivity contribution in [3.05, 3.63) is 41.5 Å². The number of benzene rings is 1. The van der Waals surface area contributed by atoms with Crippen LogP contribution in [-0.2, 0) is 4.79 Å². The predicted octanol–water partition coefficient (Wildman–Crippen LogP) is 2.92. The van der Waals surface area contributed by atoms with Crippen LogP contribution in [0.4, 0.5) is 0 Å². The molecular formula is C20H26N2O3. The molecule has 0 aromatic heterocycles. The highest BCUT2D eigenvalue weighted by molar-refractivity contribution is 5.98. The number of carbonyl (C=O) groups is 2. The van der Waals surface area contributed by atoms with Gasteiger partial charge in [0.2, 0.25) is 5.91 Å². The lowest BCUT2D eigenvalue weighted by Gasteiger charge is -2.24. The van der Waals surface area contributed by atoms with E-state index in [1.54, 1.807) is 36.3 Å². The highest BCUT2D eigenvalue weighted by Crippen LogP contribution is 2.22. The zero-order valence-corrected chi connectivity index (χ0v) is 14.8. The Hall–Kier alpha value is -2.30. The number of methoxy groups -OCH3 is 1. The van der Waals surface area contributed by atoms with Gasteiger partial charge in [0.05, 0.1) is 7.11 Å². The first-order chi connectivity index (χ1) is 12.2. The zero-order chi connectivity index (χ0) is 17.6. The van der Waals surface area contributed by atoms with Crippen LogP contribution in [-0.4, -0.2) is 43.0 Å². The van der Waals surface area contributed by atoms with E-state index in [1.807, 2.05) is 0 Å². The molecular weight excluding hydrogens is 316 g/mol. The van der Waals surface area contributed by atoms with Gasteiger partial charge in [0.1, 0.15) is 11.8 Å². The van der Waals surface area contributed by atoms with Crippen molar-refractivity contribution in [1.82, 2.24) is 10.2 Å². The third-order valence-electron chi connectivity index (χ3n) is 5.03. The molecule has 0 bridgehead atoms. The number of carbonyl (C=O) groups excluding carboxylic acids is 2. The van der Waals surface area contributed by atoms with Crippen LogP contribution < -0.4 is 10.1 Å². The largest absolute Gasteiger partial charge is 0.497 e. The minimum atomic E-state index is -0.354. The molecule has 1 aromatic carbocycles. The summed E-state index contributed by atoms with van der Waals surface area (Å²) < 4.78 is 5.13. The first-order valence-electron chi connectivity index (χ1n) is 9.09. The Kier molecular flexibility index (Phi) is 5.74. The Balaban J connectivity index is 1.56. The maximum atomic E-state index is 12.7. The van der Waals surface area contributed by atoms with Crippen molar-refractivity contribution in [2.45, 2.75) is 44.6 Å². The molecule has 0 spiro atoms. The number of amides is 2. The third kappa shape index (κ3) is 4.21. The van der Waals surface area contributed by atoms with Gasteiger partial charge in [-0.25, -0.2) is 0 Å². The Morgan fingerprint density at radius 1 is 1.24 bits per heavy atom. The second-order valence-corrected chi connectivity index (χ2v) is 6.68. The molecule has 3 rings (SSSR count). The van der Waals surface area contributed by atoms with Gasteiger partial charge >= 0.3 is 0 Å². The molecule has 1 aromatic rings. The molecule has 5 nitrogen and oxygen atoms in total. The number of rotatable bonds is 6. The van der Waals surface area contributed by atoms with E-state index in [4.69, 9.17) is 4.74 Å². The number of nitrogens with zero attached hydrogens (tertiary/aromatic N) is 1. The van der Waals surface area contributed by atoms with Crippen LogP contribution in [0.5, 0.6) is 5.75 Å². The van der Waals surface area contributed by atoms with Crippen LogP contribution in [0.1, 0.15) is 48.9 Å². The summed E-state index contributed by atoms with van der Waals surface area (Å²) in [6.07, 6.45) is 8.35. The monoisotopic (exact) mass is 342 g/mol. The second kappa shape index (κ2) is 8.19. The van der Waals surface area contributed by atoms with E-state index in [0.717, 1.165) is 32.1 Å². The topological polar surface area (TPSA) is 58.6 Å². The maximum Gasteiger partial charge on any atom is 0.254 e. The van der Waals surface area contributed by atoms with E-state index in [-0.39, 0.29) is 17.9 Å². The first kappa shape index (κ1) is 17.5. The lowest BCUT2D eigenvalue weighted by atomic mass is 10.1. The summed E-state index contributed by atoms with van der Waals surface area (Å²) in [5.41, 5.74) is 2.04. The summed E-state index contributed by atoms with van der Waals surface area (Å²) in [5.74, 6) is 0.602. The lowest BCUT2D eigenvalue weighted by Crippen LogP contribution is -2.46. The number of hydrogen-bond donors (Lipinski definition) is 1. The summed E-state index contributed by atoms with van der Waals surface area (Å²) in [6, 6.07) is 6.69. The summed E-state index contributed by atoms with van der Waals surface area (Å²) >= 11 is 0. The zero-order valence-electron chi connectivity index (χ0n) is 14.8. The summed E-state index contributed by atoms with van der Waals surface area (Å²) in [7, 11) is 1.60. The molecule has 1 unspecified atom stereocenters. The van der Waals surface area contributed by atoms with Crippen LogP contribution in [0.25, 0.3) is 0 Å². The molecule has 1 aliphatic heterocycles. The fraction of sp³-hybridized carbons (Fsp3) is 0.500. The first-order valence-corrected chi connectivity index (χ1v) is 9.09. The van der Waals surface area contributed by atoms with Crippen molar-refractivity contribution in [3.8, 4) is 5.75 Å². The molecule has 0 saturated carbocycles. The Morgan fingerprint density at radius 3 is 2.72 bits per heavy atom. The molecule has 2 amide bonds. The maximum absolute atomic E-state index is 12.7. The van der Waals surface area contributed by atoms with Gasteiger partial charge in [-0.3, -0.25) is 9.59 Å². The Morgan fingerprint density at radius 2 is 2.04 bits per heavy atom. The van der Waals surface area contributed by atoms with E-state index in [9.17, 15) is 9.59 Å². The molecule has 1 aliphatic carbocycles. The van der Waals surface area contributed by atoms with Crippen molar-refractivity contribution in [2.75, 3.05) is 20.2 Å². The van der Waals surface area contributed by atoms with Crippen LogP contribution in [0.2, 0.25) is 0 Å². The van der Waals surface area contributed by atoms with Crippen LogP contribution in [0.3, 0.4) is 0 Å². The van der Waals surface area contributed by atoms with Crippen LogP contribution >= 0.6 is 0 Å².